The summed E-state index contributed by atoms with van der Waals surface area (Å²) in [6.07, 6.45) is 5.56. The maximum atomic E-state index is 14.2. The summed E-state index contributed by atoms with van der Waals surface area (Å²) in [7, 11) is 0. The molecule has 2 aliphatic rings. The number of benzene rings is 5. The van der Waals surface area contributed by atoms with E-state index in [1.54, 1.807) is 12.1 Å². The van der Waals surface area contributed by atoms with Gasteiger partial charge in [0.25, 0.3) is 0 Å². The first kappa shape index (κ1) is 37.5. The molecule has 0 saturated heterocycles. The van der Waals surface area contributed by atoms with Crippen molar-refractivity contribution in [2.45, 2.75) is 41.5 Å². The number of Topliss-reactive ketones (excluding diaryl/α,β-unsaturated/α-hetero) is 1. The maximum Gasteiger partial charge on any atom is 0.221 e. The number of rotatable bonds is 9. The van der Waals surface area contributed by atoms with Crippen LogP contribution in [0.25, 0.3) is 5.57 Å². The third-order valence-electron chi connectivity index (χ3n) is 10.1. The van der Waals surface area contributed by atoms with Crippen LogP contribution in [0.4, 0.5) is 34.1 Å². The van der Waals surface area contributed by atoms with Crippen molar-refractivity contribution in [2.24, 2.45) is 11.8 Å². The second kappa shape index (κ2) is 15.5. The van der Waals surface area contributed by atoms with Gasteiger partial charge in [-0.25, -0.2) is 0 Å². The number of nitrogens with zero attached hydrogens (tertiary/aromatic N) is 2. The summed E-state index contributed by atoms with van der Waals surface area (Å²) >= 11 is 0. The Bertz CT molecular complexity index is 2380. The van der Waals surface area contributed by atoms with Gasteiger partial charge in [-0.05, 0) is 64.1 Å². The number of allylic oxidation sites excluding steroid dienone is 5. The van der Waals surface area contributed by atoms with E-state index >= 15 is 0 Å². The fourth-order valence-electron chi connectivity index (χ4n) is 7.28. The SMILES string of the molecule is CC(=O)NC1=CC(=[N+](c2ccc(C)cc2)c2ccc(C)cc2)C=CC1C1C(=O)C(c2ccc(N(c3ccc(C)cc3)c3ccc(C)cc3)cc2NC(C)=O)=C1[O-]. The molecule has 0 aromatic heterocycles. The van der Waals surface area contributed by atoms with Crippen LogP contribution in [0.2, 0.25) is 0 Å². The molecule has 0 aliphatic heterocycles. The average Bonchev–Trinajstić information content (AvgIpc) is 3.16. The molecule has 5 aromatic carbocycles. The van der Waals surface area contributed by atoms with Crippen molar-refractivity contribution in [3.8, 4) is 0 Å². The van der Waals surface area contributed by atoms with E-state index in [1.807, 2.05) is 149 Å². The highest BCUT2D eigenvalue weighted by Gasteiger charge is 2.42. The predicted octanol–water partition coefficient (Wildman–Crippen LogP) is 8.80. The number of anilines is 4. The number of carbonyl (C=O) groups is 3. The number of hydrogen-bond acceptors (Lipinski definition) is 5. The number of ketones is 1. The Kier molecular flexibility index (Phi) is 10.4. The van der Waals surface area contributed by atoms with Crippen molar-refractivity contribution < 1.29 is 19.5 Å². The average molecular weight is 741 g/mol. The highest BCUT2D eigenvalue weighted by molar-refractivity contribution is 6.31. The molecule has 0 spiro atoms. The lowest BCUT2D eigenvalue weighted by atomic mass is 9.69. The standard InChI is InChI=1S/C48H44N4O4/c1-29-7-15-35(16-8-29)51(36-17-9-30(2)10-18-36)39-23-25-41(43(27-39)49-33(5)53)45-47(55)46(48(45)56)42-26-24-40(28-44(42)50-34(6)54)52(37-19-11-31(3)12-20-37)38-21-13-32(4)14-22-38/h7-28,41,45H,1-6H3,(H2,50,54,55,56). The van der Waals surface area contributed by atoms with E-state index in [1.165, 1.54) is 13.8 Å². The minimum absolute atomic E-state index is 0.0220. The molecular weight excluding hydrogens is 697 g/mol. The molecule has 2 aliphatic carbocycles. The van der Waals surface area contributed by atoms with Crippen LogP contribution in [-0.2, 0) is 14.4 Å². The zero-order valence-corrected chi connectivity index (χ0v) is 32.4. The first-order chi connectivity index (χ1) is 26.9. The minimum Gasteiger partial charge on any atom is -0.874 e. The lowest BCUT2D eigenvalue weighted by Gasteiger charge is -2.42. The van der Waals surface area contributed by atoms with Crippen molar-refractivity contribution in [2.75, 3.05) is 10.2 Å². The molecule has 5 aromatic rings. The number of hydrogen-bond donors (Lipinski definition) is 2. The van der Waals surface area contributed by atoms with E-state index in [-0.39, 0.29) is 28.9 Å². The normalized spacial score (nSPS) is 16.2. The van der Waals surface area contributed by atoms with E-state index in [0.29, 0.717) is 16.9 Å². The summed E-state index contributed by atoms with van der Waals surface area (Å²) < 4.78 is 2.08. The molecule has 56 heavy (non-hydrogen) atoms. The van der Waals surface area contributed by atoms with E-state index < -0.39 is 11.8 Å². The quantitative estimate of drug-likeness (QED) is 0.147. The molecule has 8 heteroatoms. The molecule has 2 amide bonds. The van der Waals surface area contributed by atoms with Gasteiger partial charge in [-0.3, -0.25) is 14.4 Å². The van der Waals surface area contributed by atoms with Gasteiger partial charge >= 0.3 is 0 Å². The lowest BCUT2D eigenvalue weighted by Crippen LogP contribution is -2.44. The highest BCUT2D eigenvalue weighted by Crippen LogP contribution is 2.46. The van der Waals surface area contributed by atoms with E-state index in [9.17, 15) is 19.5 Å². The molecule has 0 saturated carbocycles. The Balaban J connectivity index is 1.29. The van der Waals surface area contributed by atoms with Crippen LogP contribution >= 0.6 is 0 Å². The van der Waals surface area contributed by atoms with Crippen LogP contribution < -0.4 is 25.2 Å². The second-order valence-corrected chi connectivity index (χ2v) is 14.6. The molecule has 2 atom stereocenters. The van der Waals surface area contributed by atoms with Gasteiger partial charge in [0.05, 0.1) is 5.69 Å². The highest BCUT2D eigenvalue weighted by atomic mass is 16.3. The fraction of sp³-hybridized carbons (Fsp3) is 0.167. The Morgan fingerprint density at radius 2 is 1.11 bits per heavy atom. The Morgan fingerprint density at radius 3 is 1.57 bits per heavy atom. The maximum absolute atomic E-state index is 14.2. The van der Waals surface area contributed by atoms with E-state index in [2.05, 4.69) is 20.1 Å². The fourth-order valence-corrected chi connectivity index (χ4v) is 7.28. The van der Waals surface area contributed by atoms with Gasteiger partial charge in [-0.1, -0.05) is 82.9 Å². The molecule has 2 unspecified atom stereocenters. The molecule has 0 heterocycles. The third-order valence-corrected chi connectivity index (χ3v) is 10.1. The first-order valence-electron chi connectivity index (χ1n) is 18.7. The van der Waals surface area contributed by atoms with Crippen LogP contribution in [0.5, 0.6) is 0 Å². The molecule has 7 rings (SSSR count). The zero-order chi connectivity index (χ0) is 39.7. The van der Waals surface area contributed by atoms with Gasteiger partial charge in [-0.15, -0.1) is 5.76 Å². The Morgan fingerprint density at radius 1 is 0.643 bits per heavy atom. The largest absolute Gasteiger partial charge is 0.874 e. The predicted molar refractivity (Wildman–Crippen MR) is 224 cm³/mol. The molecule has 0 fully saturated rings. The first-order valence-corrected chi connectivity index (χ1v) is 18.7. The van der Waals surface area contributed by atoms with Crippen LogP contribution in [0.1, 0.15) is 41.7 Å². The van der Waals surface area contributed by atoms with E-state index in [4.69, 9.17) is 0 Å². The van der Waals surface area contributed by atoms with Gasteiger partial charge in [0.2, 0.25) is 28.9 Å². The molecule has 280 valence electrons. The van der Waals surface area contributed by atoms with Crippen molar-refractivity contribution in [3.05, 3.63) is 173 Å². The van der Waals surface area contributed by atoms with Crippen LogP contribution in [-0.4, -0.2) is 23.3 Å². The van der Waals surface area contributed by atoms with Crippen LogP contribution in [0.3, 0.4) is 0 Å². The lowest BCUT2D eigenvalue weighted by molar-refractivity contribution is -0.316. The Labute approximate surface area is 327 Å². The van der Waals surface area contributed by atoms with Gasteiger partial charge in [-0.2, -0.15) is 4.58 Å². The molecule has 0 bridgehead atoms. The second-order valence-electron chi connectivity index (χ2n) is 14.6. The van der Waals surface area contributed by atoms with Gasteiger partial charge in [0.1, 0.15) is 0 Å². The van der Waals surface area contributed by atoms with Crippen molar-refractivity contribution >= 4 is 63.0 Å². The van der Waals surface area contributed by atoms with Crippen molar-refractivity contribution in [3.63, 3.8) is 0 Å². The smallest absolute Gasteiger partial charge is 0.221 e. The molecule has 0 radical (unpaired) electrons. The van der Waals surface area contributed by atoms with Crippen molar-refractivity contribution in [1.29, 1.82) is 0 Å². The Hall–Kier alpha value is -6.80. The van der Waals surface area contributed by atoms with Gasteiger partial charge in [0.15, 0.2) is 5.78 Å². The summed E-state index contributed by atoms with van der Waals surface area (Å²) in [6.45, 7) is 10.9. The summed E-state index contributed by atoms with van der Waals surface area (Å²) in [5, 5.41) is 20.0. The number of carbonyl (C=O) groups excluding carboxylic acids is 3. The van der Waals surface area contributed by atoms with Gasteiger partial charge in [0, 0.05) is 96.0 Å². The molecular formula is C48H44N4O4. The summed E-state index contributed by atoms with van der Waals surface area (Å²) in [4.78, 5) is 41.4. The monoisotopic (exact) mass is 740 g/mol. The summed E-state index contributed by atoms with van der Waals surface area (Å²) in [5.74, 6) is -3.11. The number of aryl methyl sites for hydroxylation is 4. The van der Waals surface area contributed by atoms with Gasteiger partial charge < -0.3 is 20.6 Å². The topological polar surface area (TPSA) is 105 Å². The van der Waals surface area contributed by atoms with Crippen LogP contribution in [0, 0.1) is 39.5 Å². The minimum atomic E-state index is -1.05. The number of amides is 2. The van der Waals surface area contributed by atoms with Crippen LogP contribution in [0.15, 0.2) is 145 Å². The zero-order valence-electron chi connectivity index (χ0n) is 32.4. The van der Waals surface area contributed by atoms with E-state index in [0.717, 1.165) is 56.4 Å². The van der Waals surface area contributed by atoms with Crippen molar-refractivity contribution in [1.82, 2.24) is 9.89 Å². The summed E-state index contributed by atoms with van der Waals surface area (Å²) in [5.41, 5.74) is 10.8. The molecule has 2 N–H and O–H groups in total. The summed E-state index contributed by atoms with van der Waals surface area (Å²) in [6, 6.07) is 37.9. The number of nitrogens with one attached hydrogen (secondary N) is 2. The molecule has 8 nitrogen and oxygen atoms in total. The third kappa shape index (κ3) is 7.59.